The number of hydrogen-bond donors (Lipinski definition) is 1. The molecule has 1 aromatic heterocycles. The Labute approximate surface area is 81.9 Å². The van der Waals surface area contributed by atoms with E-state index in [0.717, 1.165) is 5.56 Å². The van der Waals surface area contributed by atoms with E-state index in [4.69, 9.17) is 0 Å². The summed E-state index contributed by atoms with van der Waals surface area (Å²) in [5.74, 6) is 0. The summed E-state index contributed by atoms with van der Waals surface area (Å²) < 4.78 is -0.126. The van der Waals surface area contributed by atoms with Crippen molar-refractivity contribution in [3.8, 4) is 0 Å². The molecule has 1 aromatic rings. The van der Waals surface area contributed by atoms with E-state index < -0.39 is 6.10 Å². The molecule has 0 saturated heterocycles. The van der Waals surface area contributed by atoms with E-state index >= 15 is 0 Å². The number of aromatic nitrogens is 1. The van der Waals surface area contributed by atoms with E-state index in [1.807, 2.05) is 6.07 Å². The van der Waals surface area contributed by atoms with Crippen LogP contribution in [0.2, 0.25) is 0 Å². The minimum absolute atomic E-state index is 0.126. The lowest BCUT2D eigenvalue weighted by molar-refractivity contribution is 0.199. The molecular weight excluding hydrogens is 274 g/mol. The van der Waals surface area contributed by atoms with Crippen molar-refractivity contribution in [1.82, 2.24) is 4.98 Å². The molecule has 0 radical (unpaired) electrons. The fourth-order valence-corrected chi connectivity index (χ4v) is 1.31. The van der Waals surface area contributed by atoms with Gasteiger partial charge in [-0.25, -0.2) is 0 Å². The molecule has 1 unspecified atom stereocenters. The lowest BCUT2D eigenvalue weighted by Crippen LogP contribution is -2.04. The Balaban J connectivity index is 2.77. The zero-order valence-electron chi connectivity index (χ0n) is 5.61. The second kappa shape index (κ2) is 4.18. The number of halogens is 2. The van der Waals surface area contributed by atoms with Crippen LogP contribution in [-0.4, -0.2) is 13.8 Å². The van der Waals surface area contributed by atoms with Gasteiger partial charge < -0.3 is 5.11 Å². The molecule has 0 aliphatic rings. The normalized spacial score (nSPS) is 13.5. The van der Waals surface area contributed by atoms with Crippen LogP contribution in [0, 0.1) is 0 Å². The van der Waals surface area contributed by atoms with Crippen LogP contribution in [0.15, 0.2) is 24.5 Å². The van der Waals surface area contributed by atoms with Crippen molar-refractivity contribution in [3.63, 3.8) is 0 Å². The van der Waals surface area contributed by atoms with Gasteiger partial charge in [-0.2, -0.15) is 0 Å². The summed E-state index contributed by atoms with van der Waals surface area (Å²) in [7, 11) is 0. The Morgan fingerprint density at radius 3 is 2.64 bits per heavy atom. The van der Waals surface area contributed by atoms with E-state index in [1.54, 1.807) is 18.5 Å². The first-order chi connectivity index (χ1) is 5.22. The van der Waals surface area contributed by atoms with E-state index in [9.17, 15) is 5.11 Å². The molecule has 60 valence electrons. The maximum Gasteiger partial charge on any atom is 0.103 e. The molecule has 1 atom stereocenters. The van der Waals surface area contributed by atoms with Crippen molar-refractivity contribution in [2.45, 2.75) is 9.84 Å². The van der Waals surface area contributed by atoms with Crippen molar-refractivity contribution in [3.05, 3.63) is 30.1 Å². The smallest absolute Gasteiger partial charge is 0.103 e. The van der Waals surface area contributed by atoms with E-state index in [1.165, 1.54) is 0 Å². The van der Waals surface area contributed by atoms with Gasteiger partial charge in [0, 0.05) is 18.0 Å². The molecule has 1 N–H and O–H groups in total. The molecular formula is C7H7Br2NO. The number of aliphatic hydroxyl groups is 1. The minimum atomic E-state index is -0.552. The molecule has 0 aliphatic heterocycles. The highest BCUT2D eigenvalue weighted by Gasteiger charge is 2.13. The number of hydrogen-bond acceptors (Lipinski definition) is 2. The summed E-state index contributed by atoms with van der Waals surface area (Å²) in [6, 6.07) is 3.62. The number of pyridine rings is 1. The van der Waals surface area contributed by atoms with Crippen LogP contribution in [0.5, 0.6) is 0 Å². The van der Waals surface area contributed by atoms with Crippen LogP contribution < -0.4 is 0 Å². The second-order valence-electron chi connectivity index (χ2n) is 2.07. The van der Waals surface area contributed by atoms with Gasteiger partial charge in [0.1, 0.15) is 6.10 Å². The van der Waals surface area contributed by atoms with Gasteiger partial charge in [0.05, 0.1) is 3.74 Å². The molecule has 0 amide bonds. The highest BCUT2D eigenvalue weighted by Crippen LogP contribution is 2.25. The van der Waals surface area contributed by atoms with Crippen molar-refractivity contribution in [1.29, 1.82) is 0 Å². The van der Waals surface area contributed by atoms with Gasteiger partial charge in [0.2, 0.25) is 0 Å². The monoisotopic (exact) mass is 279 g/mol. The average molecular weight is 281 g/mol. The van der Waals surface area contributed by atoms with Gasteiger partial charge in [0.25, 0.3) is 0 Å². The third-order valence-electron chi connectivity index (χ3n) is 1.26. The van der Waals surface area contributed by atoms with Gasteiger partial charge in [-0.15, -0.1) is 0 Å². The molecule has 1 rings (SSSR count). The SMILES string of the molecule is OC(c1cccnc1)C(Br)Br. The van der Waals surface area contributed by atoms with Crippen molar-refractivity contribution < 1.29 is 5.11 Å². The summed E-state index contributed by atoms with van der Waals surface area (Å²) in [5, 5.41) is 9.46. The van der Waals surface area contributed by atoms with Crippen molar-refractivity contribution >= 4 is 31.9 Å². The maximum atomic E-state index is 9.46. The molecule has 0 aliphatic carbocycles. The standard InChI is InChI=1S/C7H7Br2NO/c8-7(9)6(11)5-2-1-3-10-4-5/h1-4,6-7,11H. The Morgan fingerprint density at radius 2 is 2.18 bits per heavy atom. The predicted octanol–water partition coefficient (Wildman–Crippen LogP) is 2.23. The van der Waals surface area contributed by atoms with Gasteiger partial charge >= 0.3 is 0 Å². The minimum Gasteiger partial charge on any atom is -0.386 e. The van der Waals surface area contributed by atoms with Crippen LogP contribution in [0.4, 0.5) is 0 Å². The number of rotatable bonds is 2. The second-order valence-corrected chi connectivity index (χ2v) is 5.27. The predicted molar refractivity (Wildman–Crippen MR) is 50.8 cm³/mol. The quantitative estimate of drug-likeness (QED) is 0.843. The summed E-state index contributed by atoms with van der Waals surface area (Å²) in [6.45, 7) is 0. The number of alkyl halides is 2. The third kappa shape index (κ3) is 2.54. The molecule has 0 saturated carbocycles. The van der Waals surface area contributed by atoms with E-state index in [0.29, 0.717) is 0 Å². The average Bonchev–Trinajstić information content (AvgIpc) is 2.05. The molecule has 0 fully saturated rings. The van der Waals surface area contributed by atoms with Crippen molar-refractivity contribution in [2.24, 2.45) is 0 Å². The van der Waals surface area contributed by atoms with E-state index in [2.05, 4.69) is 36.8 Å². The summed E-state index contributed by atoms with van der Waals surface area (Å²) in [4.78, 5) is 3.89. The van der Waals surface area contributed by atoms with Crippen LogP contribution in [0.1, 0.15) is 11.7 Å². The summed E-state index contributed by atoms with van der Waals surface area (Å²) in [6.07, 6.45) is 2.76. The zero-order valence-corrected chi connectivity index (χ0v) is 8.79. The molecule has 0 bridgehead atoms. The lowest BCUT2D eigenvalue weighted by Gasteiger charge is -2.10. The lowest BCUT2D eigenvalue weighted by atomic mass is 10.2. The van der Waals surface area contributed by atoms with Crippen LogP contribution in [-0.2, 0) is 0 Å². The third-order valence-corrected chi connectivity index (χ3v) is 2.27. The van der Waals surface area contributed by atoms with Crippen LogP contribution in [0.3, 0.4) is 0 Å². The molecule has 1 heterocycles. The Bertz CT molecular complexity index is 215. The number of nitrogens with zero attached hydrogens (tertiary/aromatic N) is 1. The first kappa shape index (κ1) is 9.16. The highest BCUT2D eigenvalue weighted by molar-refractivity contribution is 9.24. The van der Waals surface area contributed by atoms with Gasteiger partial charge in [-0.05, 0) is 6.07 Å². The van der Waals surface area contributed by atoms with Crippen LogP contribution >= 0.6 is 31.9 Å². The summed E-state index contributed by atoms with van der Waals surface area (Å²) in [5.41, 5.74) is 0.797. The van der Waals surface area contributed by atoms with Gasteiger partial charge in [0.15, 0.2) is 0 Å². The van der Waals surface area contributed by atoms with Crippen molar-refractivity contribution in [2.75, 3.05) is 0 Å². The van der Waals surface area contributed by atoms with Crippen LogP contribution in [0.25, 0.3) is 0 Å². The van der Waals surface area contributed by atoms with Gasteiger partial charge in [-0.1, -0.05) is 37.9 Å². The molecule has 4 heteroatoms. The first-order valence-electron chi connectivity index (χ1n) is 3.08. The topological polar surface area (TPSA) is 33.1 Å². The van der Waals surface area contributed by atoms with Gasteiger partial charge in [-0.3, -0.25) is 4.98 Å². The molecule has 0 spiro atoms. The Morgan fingerprint density at radius 1 is 1.45 bits per heavy atom. The fraction of sp³-hybridized carbons (Fsp3) is 0.286. The molecule has 11 heavy (non-hydrogen) atoms. The molecule has 0 aromatic carbocycles. The zero-order chi connectivity index (χ0) is 8.27. The Hall–Kier alpha value is 0.0700. The Kier molecular flexibility index (Phi) is 3.48. The first-order valence-corrected chi connectivity index (χ1v) is 4.91. The fourth-order valence-electron chi connectivity index (χ4n) is 0.696. The molecule has 2 nitrogen and oxygen atoms in total. The largest absolute Gasteiger partial charge is 0.386 e. The maximum absolute atomic E-state index is 9.46. The summed E-state index contributed by atoms with van der Waals surface area (Å²) >= 11 is 6.43. The van der Waals surface area contributed by atoms with E-state index in [-0.39, 0.29) is 3.74 Å². The highest BCUT2D eigenvalue weighted by atomic mass is 79.9. The number of aliphatic hydroxyl groups excluding tert-OH is 1.